The summed E-state index contributed by atoms with van der Waals surface area (Å²) in [7, 11) is 0. The average molecular weight is 329 g/mol. The van der Waals surface area contributed by atoms with Gasteiger partial charge in [0.25, 0.3) is 5.56 Å². The molecule has 1 fully saturated rings. The highest BCUT2D eigenvalue weighted by Gasteiger charge is 2.21. The van der Waals surface area contributed by atoms with Gasteiger partial charge in [0, 0.05) is 19.6 Å². The monoisotopic (exact) mass is 328 g/mol. The molecule has 0 bridgehead atoms. The maximum atomic E-state index is 12.1. The van der Waals surface area contributed by atoms with Crippen LogP contribution in [0.3, 0.4) is 0 Å². The number of hydrogen-bond acceptors (Lipinski definition) is 4. The van der Waals surface area contributed by atoms with Crippen LogP contribution in [0.4, 0.5) is 5.69 Å². The highest BCUT2D eigenvalue weighted by atomic mass is 79.9. The molecule has 0 saturated carbocycles. The molecule has 1 aliphatic rings. The maximum absolute atomic E-state index is 12.1. The summed E-state index contributed by atoms with van der Waals surface area (Å²) in [6.45, 7) is 5.34. The van der Waals surface area contributed by atoms with Crippen molar-refractivity contribution in [3.05, 3.63) is 21.0 Å². The van der Waals surface area contributed by atoms with E-state index in [0.717, 1.165) is 44.6 Å². The minimum atomic E-state index is -0.0414. The van der Waals surface area contributed by atoms with Gasteiger partial charge in [0.05, 0.1) is 11.9 Å². The molecule has 6 heteroatoms. The molecule has 1 aromatic heterocycles. The van der Waals surface area contributed by atoms with Gasteiger partial charge in [-0.1, -0.05) is 6.92 Å². The summed E-state index contributed by atoms with van der Waals surface area (Å²) in [6.07, 6.45) is 4.87. The standard InChI is InChI=1S/C13H21BrN4O/c1-2-5-18-13(19)12(14)11(9-16-18)17-6-3-10(8-15)4-7-17/h9-10H,2-8,15H2,1H3. The Balaban J connectivity index is 2.18. The molecule has 5 nitrogen and oxygen atoms in total. The molecule has 0 aromatic carbocycles. The zero-order chi connectivity index (χ0) is 13.8. The Morgan fingerprint density at radius 3 is 2.74 bits per heavy atom. The molecule has 1 aliphatic heterocycles. The first-order chi connectivity index (χ1) is 9.17. The number of halogens is 1. The smallest absolute Gasteiger partial charge is 0.283 e. The summed E-state index contributed by atoms with van der Waals surface area (Å²) in [4.78, 5) is 14.4. The van der Waals surface area contributed by atoms with Gasteiger partial charge in [-0.25, -0.2) is 4.68 Å². The molecule has 0 spiro atoms. The van der Waals surface area contributed by atoms with Crippen LogP contribution >= 0.6 is 15.9 Å². The van der Waals surface area contributed by atoms with Crippen molar-refractivity contribution in [3.8, 4) is 0 Å². The lowest BCUT2D eigenvalue weighted by molar-refractivity contribution is 0.413. The molecule has 0 radical (unpaired) electrons. The second-order valence-electron chi connectivity index (χ2n) is 5.04. The van der Waals surface area contributed by atoms with E-state index in [1.54, 1.807) is 6.20 Å². The van der Waals surface area contributed by atoms with Crippen molar-refractivity contribution in [2.24, 2.45) is 11.7 Å². The topological polar surface area (TPSA) is 64.2 Å². The first kappa shape index (κ1) is 14.5. The van der Waals surface area contributed by atoms with Crippen molar-refractivity contribution in [2.45, 2.75) is 32.7 Å². The third-order valence-corrected chi connectivity index (χ3v) is 4.44. The van der Waals surface area contributed by atoms with Crippen LogP contribution in [-0.2, 0) is 6.54 Å². The van der Waals surface area contributed by atoms with Gasteiger partial charge in [-0.2, -0.15) is 5.10 Å². The lowest BCUT2D eigenvalue weighted by Crippen LogP contribution is -2.37. The van der Waals surface area contributed by atoms with Crippen LogP contribution in [0.2, 0.25) is 0 Å². The van der Waals surface area contributed by atoms with Crippen molar-refractivity contribution in [1.29, 1.82) is 0 Å². The summed E-state index contributed by atoms with van der Waals surface area (Å²) in [5.74, 6) is 0.614. The fourth-order valence-corrected chi connectivity index (χ4v) is 3.02. The van der Waals surface area contributed by atoms with Gasteiger partial charge in [-0.15, -0.1) is 0 Å². The fraction of sp³-hybridized carbons (Fsp3) is 0.692. The molecule has 2 N–H and O–H groups in total. The van der Waals surface area contributed by atoms with Gasteiger partial charge >= 0.3 is 0 Å². The van der Waals surface area contributed by atoms with Crippen molar-refractivity contribution in [3.63, 3.8) is 0 Å². The average Bonchev–Trinajstić information content (AvgIpc) is 2.45. The third-order valence-electron chi connectivity index (χ3n) is 3.69. The van der Waals surface area contributed by atoms with Crippen molar-refractivity contribution >= 4 is 21.6 Å². The number of piperidine rings is 1. The summed E-state index contributed by atoms with van der Waals surface area (Å²) in [5, 5.41) is 4.25. The minimum Gasteiger partial charge on any atom is -0.369 e. The van der Waals surface area contributed by atoms with E-state index in [9.17, 15) is 4.79 Å². The number of hydrogen-bond donors (Lipinski definition) is 1. The van der Waals surface area contributed by atoms with Crippen molar-refractivity contribution in [2.75, 3.05) is 24.5 Å². The van der Waals surface area contributed by atoms with Gasteiger partial charge < -0.3 is 10.6 Å². The van der Waals surface area contributed by atoms with Crippen LogP contribution in [0, 0.1) is 5.92 Å². The summed E-state index contributed by atoms with van der Waals surface area (Å²) in [5.41, 5.74) is 6.57. The fourth-order valence-electron chi connectivity index (χ4n) is 2.46. The quantitative estimate of drug-likeness (QED) is 0.911. The summed E-state index contributed by atoms with van der Waals surface area (Å²) < 4.78 is 2.14. The van der Waals surface area contributed by atoms with Gasteiger partial charge in [-0.3, -0.25) is 4.79 Å². The SMILES string of the molecule is CCCn1ncc(N2CCC(CN)CC2)c(Br)c1=O. The first-order valence-corrected chi connectivity index (χ1v) is 7.67. The number of aryl methyl sites for hydroxylation is 1. The molecule has 0 amide bonds. The highest BCUT2D eigenvalue weighted by molar-refractivity contribution is 9.10. The maximum Gasteiger partial charge on any atom is 0.283 e. The van der Waals surface area contributed by atoms with E-state index in [0.29, 0.717) is 16.9 Å². The molecule has 0 atom stereocenters. The number of anilines is 1. The van der Waals surface area contributed by atoms with Crippen LogP contribution in [0.15, 0.2) is 15.5 Å². The van der Waals surface area contributed by atoms with Crippen LogP contribution in [0.1, 0.15) is 26.2 Å². The Labute approximate surface area is 121 Å². The molecule has 2 rings (SSSR count). The van der Waals surface area contributed by atoms with E-state index >= 15 is 0 Å². The third kappa shape index (κ3) is 3.17. The second-order valence-corrected chi connectivity index (χ2v) is 5.83. The molecule has 0 aliphatic carbocycles. The lowest BCUT2D eigenvalue weighted by atomic mass is 9.97. The number of nitrogens with two attached hydrogens (primary N) is 1. The van der Waals surface area contributed by atoms with Crippen LogP contribution in [0.25, 0.3) is 0 Å². The Morgan fingerprint density at radius 2 is 2.16 bits per heavy atom. The van der Waals surface area contributed by atoms with Crippen LogP contribution < -0.4 is 16.2 Å². The van der Waals surface area contributed by atoms with Gasteiger partial charge in [0.2, 0.25) is 0 Å². The van der Waals surface area contributed by atoms with Crippen molar-refractivity contribution in [1.82, 2.24) is 9.78 Å². The number of aromatic nitrogens is 2. The minimum absolute atomic E-state index is 0.0414. The first-order valence-electron chi connectivity index (χ1n) is 6.88. The number of rotatable bonds is 4. The largest absolute Gasteiger partial charge is 0.369 e. The van der Waals surface area contributed by atoms with Gasteiger partial charge in [-0.05, 0) is 47.7 Å². The van der Waals surface area contributed by atoms with E-state index in [2.05, 4.69) is 25.9 Å². The normalized spacial score (nSPS) is 16.9. The van der Waals surface area contributed by atoms with Gasteiger partial charge in [0.1, 0.15) is 4.47 Å². The predicted molar refractivity (Wildman–Crippen MR) is 80.5 cm³/mol. The Hall–Kier alpha value is -0.880. The lowest BCUT2D eigenvalue weighted by Gasteiger charge is -2.33. The molecule has 19 heavy (non-hydrogen) atoms. The van der Waals surface area contributed by atoms with E-state index in [4.69, 9.17) is 5.73 Å². The Kier molecular flexibility index (Phi) is 4.99. The molecular weight excluding hydrogens is 308 g/mol. The Morgan fingerprint density at radius 1 is 1.47 bits per heavy atom. The predicted octanol–water partition coefficient (Wildman–Crippen LogP) is 1.59. The second kappa shape index (κ2) is 6.52. The molecule has 1 aromatic rings. The molecule has 1 saturated heterocycles. The van der Waals surface area contributed by atoms with Crippen LogP contribution in [0.5, 0.6) is 0 Å². The highest BCUT2D eigenvalue weighted by Crippen LogP contribution is 2.26. The van der Waals surface area contributed by atoms with Crippen LogP contribution in [-0.4, -0.2) is 29.4 Å². The zero-order valence-corrected chi connectivity index (χ0v) is 12.9. The summed E-state index contributed by atoms with van der Waals surface area (Å²) >= 11 is 3.43. The molecular formula is C13H21BrN4O. The zero-order valence-electron chi connectivity index (χ0n) is 11.3. The van der Waals surface area contributed by atoms with Gasteiger partial charge in [0.15, 0.2) is 0 Å². The van der Waals surface area contributed by atoms with E-state index in [-0.39, 0.29) is 5.56 Å². The molecule has 2 heterocycles. The van der Waals surface area contributed by atoms with E-state index in [1.165, 1.54) is 4.68 Å². The van der Waals surface area contributed by atoms with E-state index < -0.39 is 0 Å². The molecule has 106 valence electrons. The summed E-state index contributed by atoms with van der Waals surface area (Å²) in [6, 6.07) is 0. The van der Waals surface area contributed by atoms with E-state index in [1.807, 2.05) is 6.92 Å². The van der Waals surface area contributed by atoms with Crippen molar-refractivity contribution < 1.29 is 0 Å². The Bertz CT molecular complexity index is 480. The molecule has 0 unspecified atom stereocenters. The number of nitrogens with zero attached hydrogens (tertiary/aromatic N) is 3.